The first kappa shape index (κ1) is 14.6. The number of aromatic nitrogens is 3. The Labute approximate surface area is 132 Å². The average molecular weight is 322 g/mol. The molecule has 5 nitrogen and oxygen atoms in total. The Balaban J connectivity index is 1.54. The zero-order valence-electron chi connectivity index (χ0n) is 11.9. The van der Waals surface area contributed by atoms with E-state index in [0.29, 0.717) is 11.7 Å². The summed E-state index contributed by atoms with van der Waals surface area (Å²) in [4.78, 5) is 26.2. The van der Waals surface area contributed by atoms with Gasteiger partial charge in [0.25, 0.3) is 0 Å². The maximum absolute atomic E-state index is 12.3. The van der Waals surface area contributed by atoms with Crippen molar-refractivity contribution in [3.05, 3.63) is 29.3 Å². The van der Waals surface area contributed by atoms with Crippen LogP contribution < -0.4 is 0 Å². The fourth-order valence-electron chi connectivity index (χ4n) is 2.54. The van der Waals surface area contributed by atoms with Gasteiger partial charge in [0, 0.05) is 42.5 Å². The highest BCUT2D eigenvalue weighted by molar-refractivity contribution is 8.01. The lowest BCUT2D eigenvalue weighted by molar-refractivity contribution is -0.129. The van der Waals surface area contributed by atoms with Crippen molar-refractivity contribution >= 4 is 29.0 Å². The molecule has 1 aliphatic heterocycles. The molecule has 1 saturated heterocycles. The first-order chi connectivity index (χ1) is 10.2. The van der Waals surface area contributed by atoms with Crippen LogP contribution in [0.15, 0.2) is 22.1 Å². The number of carbonyl (C=O) groups excluding carboxylic acids is 1. The van der Waals surface area contributed by atoms with Crippen LogP contribution in [0.3, 0.4) is 0 Å². The van der Waals surface area contributed by atoms with E-state index in [1.54, 1.807) is 17.5 Å². The Morgan fingerprint density at radius 1 is 1.62 bits per heavy atom. The smallest absolute Gasteiger partial charge is 0.233 e. The molecule has 1 aliphatic rings. The van der Waals surface area contributed by atoms with Crippen molar-refractivity contribution in [3.63, 3.8) is 0 Å². The molecule has 21 heavy (non-hydrogen) atoms. The number of hydrogen-bond donors (Lipinski definition) is 1. The molecule has 0 aromatic carbocycles. The minimum absolute atomic E-state index is 0.198. The van der Waals surface area contributed by atoms with Crippen LogP contribution in [-0.4, -0.2) is 44.6 Å². The molecule has 0 bridgehead atoms. The topological polar surface area (TPSA) is 61.9 Å². The van der Waals surface area contributed by atoms with Crippen molar-refractivity contribution in [3.8, 4) is 0 Å². The number of hydrogen-bond acceptors (Lipinski definition) is 5. The molecule has 0 saturated carbocycles. The highest BCUT2D eigenvalue weighted by Gasteiger charge is 2.26. The molecule has 7 heteroatoms. The second-order valence-corrected chi connectivity index (χ2v) is 7.28. The van der Waals surface area contributed by atoms with E-state index in [1.807, 2.05) is 23.4 Å². The van der Waals surface area contributed by atoms with Gasteiger partial charge in [0.1, 0.15) is 5.82 Å². The summed E-state index contributed by atoms with van der Waals surface area (Å²) in [7, 11) is 0. The van der Waals surface area contributed by atoms with E-state index < -0.39 is 0 Å². The molecule has 2 aromatic heterocycles. The molecule has 0 radical (unpaired) electrons. The number of thioether (sulfide) groups is 1. The molecule has 0 aliphatic carbocycles. The lowest BCUT2D eigenvalue weighted by Gasteiger charge is -2.31. The third kappa shape index (κ3) is 3.65. The number of imidazole rings is 1. The number of H-pyrrole nitrogens is 1. The average Bonchev–Trinajstić information content (AvgIpc) is 3.16. The number of amides is 1. The summed E-state index contributed by atoms with van der Waals surface area (Å²) in [5.41, 5.74) is 1.02. The van der Waals surface area contributed by atoms with Gasteiger partial charge in [-0.05, 0) is 19.8 Å². The molecule has 3 heterocycles. The van der Waals surface area contributed by atoms with E-state index in [-0.39, 0.29) is 5.91 Å². The van der Waals surface area contributed by atoms with Gasteiger partial charge in [-0.15, -0.1) is 11.3 Å². The summed E-state index contributed by atoms with van der Waals surface area (Å²) >= 11 is 3.14. The Morgan fingerprint density at radius 3 is 3.24 bits per heavy atom. The number of carbonyl (C=O) groups is 1. The number of nitrogens with one attached hydrogen (secondary N) is 1. The lowest BCUT2D eigenvalue weighted by Crippen LogP contribution is -2.40. The van der Waals surface area contributed by atoms with Crippen LogP contribution in [0.2, 0.25) is 0 Å². The summed E-state index contributed by atoms with van der Waals surface area (Å²) in [5, 5.41) is 2.01. The molecule has 1 N–H and O–H groups in total. The zero-order valence-corrected chi connectivity index (χ0v) is 13.5. The maximum Gasteiger partial charge on any atom is 0.233 e. The van der Waals surface area contributed by atoms with Gasteiger partial charge in [-0.2, -0.15) is 0 Å². The summed E-state index contributed by atoms with van der Waals surface area (Å²) in [5.74, 6) is 2.00. The van der Waals surface area contributed by atoms with E-state index in [4.69, 9.17) is 0 Å². The third-order valence-electron chi connectivity index (χ3n) is 3.60. The Kier molecular flexibility index (Phi) is 4.60. The van der Waals surface area contributed by atoms with Crippen LogP contribution in [0.4, 0.5) is 0 Å². The molecular formula is C14H18N4OS2. The van der Waals surface area contributed by atoms with Crippen LogP contribution in [0.25, 0.3) is 0 Å². The van der Waals surface area contributed by atoms with E-state index >= 15 is 0 Å². The molecule has 112 valence electrons. The highest BCUT2D eigenvalue weighted by atomic mass is 32.2. The van der Waals surface area contributed by atoms with Crippen LogP contribution in [-0.2, 0) is 4.79 Å². The van der Waals surface area contributed by atoms with Crippen molar-refractivity contribution < 1.29 is 4.79 Å². The first-order valence-electron chi connectivity index (χ1n) is 7.04. The van der Waals surface area contributed by atoms with Gasteiger partial charge in [-0.1, -0.05) is 11.8 Å². The number of thiazole rings is 1. The van der Waals surface area contributed by atoms with Gasteiger partial charge in [0.2, 0.25) is 5.91 Å². The van der Waals surface area contributed by atoms with E-state index in [0.717, 1.165) is 41.8 Å². The standard InChI is InChI=1S/C14H18N4OS2/c1-10-8-20-14(17-10)21-9-12(19)18-6-2-3-11(7-18)13-15-4-5-16-13/h4-5,8,11H,2-3,6-7,9H2,1H3,(H,15,16)/t11-/m1/s1. The molecular weight excluding hydrogens is 304 g/mol. The summed E-state index contributed by atoms with van der Waals surface area (Å²) in [6.07, 6.45) is 5.75. The SMILES string of the molecule is Cc1csc(SCC(=O)N2CCC[C@@H](c3ncc[nH]3)C2)n1. The quantitative estimate of drug-likeness (QED) is 0.879. The van der Waals surface area contributed by atoms with Gasteiger partial charge < -0.3 is 9.88 Å². The van der Waals surface area contributed by atoms with Crippen LogP contribution in [0.5, 0.6) is 0 Å². The first-order valence-corrected chi connectivity index (χ1v) is 8.91. The largest absolute Gasteiger partial charge is 0.348 e. The highest BCUT2D eigenvalue weighted by Crippen LogP contribution is 2.26. The molecule has 1 fully saturated rings. The summed E-state index contributed by atoms with van der Waals surface area (Å²) < 4.78 is 0.973. The van der Waals surface area contributed by atoms with Gasteiger partial charge in [-0.3, -0.25) is 4.79 Å². The maximum atomic E-state index is 12.3. The third-order valence-corrected chi connectivity index (χ3v) is 5.72. The van der Waals surface area contributed by atoms with Crippen molar-refractivity contribution in [2.45, 2.75) is 30.0 Å². The predicted octanol–water partition coefficient (Wildman–Crippen LogP) is 2.67. The number of aromatic amines is 1. The summed E-state index contributed by atoms with van der Waals surface area (Å²) in [6.45, 7) is 3.60. The fourth-order valence-corrected chi connectivity index (χ4v) is 4.29. The minimum atomic E-state index is 0.198. The monoisotopic (exact) mass is 322 g/mol. The van der Waals surface area contributed by atoms with Crippen molar-refractivity contribution in [2.24, 2.45) is 0 Å². The van der Waals surface area contributed by atoms with Crippen LogP contribution in [0, 0.1) is 6.92 Å². The number of piperidine rings is 1. The van der Waals surface area contributed by atoms with E-state index in [9.17, 15) is 4.79 Å². The van der Waals surface area contributed by atoms with E-state index in [1.165, 1.54) is 11.8 Å². The van der Waals surface area contributed by atoms with Gasteiger partial charge in [0.05, 0.1) is 5.75 Å². The Morgan fingerprint density at radius 2 is 2.52 bits per heavy atom. The zero-order chi connectivity index (χ0) is 14.7. The second kappa shape index (κ2) is 6.62. The molecule has 1 atom stereocenters. The normalized spacial score (nSPS) is 18.9. The van der Waals surface area contributed by atoms with Gasteiger partial charge in [-0.25, -0.2) is 9.97 Å². The van der Waals surface area contributed by atoms with Crippen LogP contribution >= 0.6 is 23.1 Å². The minimum Gasteiger partial charge on any atom is -0.348 e. The number of nitrogens with zero attached hydrogens (tertiary/aromatic N) is 3. The number of rotatable bonds is 4. The second-order valence-electron chi connectivity index (χ2n) is 5.20. The number of aryl methyl sites for hydroxylation is 1. The van der Waals surface area contributed by atoms with Gasteiger partial charge >= 0.3 is 0 Å². The fraction of sp³-hybridized carbons (Fsp3) is 0.500. The van der Waals surface area contributed by atoms with Crippen molar-refractivity contribution in [1.29, 1.82) is 0 Å². The van der Waals surface area contributed by atoms with Crippen LogP contribution in [0.1, 0.15) is 30.3 Å². The number of likely N-dealkylation sites (tertiary alicyclic amines) is 1. The Bertz CT molecular complexity index is 596. The lowest BCUT2D eigenvalue weighted by atomic mass is 9.97. The van der Waals surface area contributed by atoms with Crippen molar-refractivity contribution in [2.75, 3.05) is 18.8 Å². The Hall–Kier alpha value is -1.34. The van der Waals surface area contributed by atoms with Gasteiger partial charge in [0.15, 0.2) is 4.34 Å². The molecule has 0 unspecified atom stereocenters. The van der Waals surface area contributed by atoms with E-state index in [2.05, 4.69) is 15.0 Å². The van der Waals surface area contributed by atoms with Crippen molar-refractivity contribution in [1.82, 2.24) is 19.9 Å². The summed E-state index contributed by atoms with van der Waals surface area (Å²) in [6, 6.07) is 0. The molecule has 3 rings (SSSR count). The molecule has 2 aromatic rings. The predicted molar refractivity (Wildman–Crippen MR) is 84.7 cm³/mol. The molecule has 0 spiro atoms. The molecule has 1 amide bonds.